The third-order valence-electron chi connectivity index (χ3n) is 4.59. The van der Waals surface area contributed by atoms with Gasteiger partial charge in [-0.1, -0.05) is 13.8 Å². The zero-order valence-electron chi connectivity index (χ0n) is 14.2. The molecule has 0 bridgehead atoms. The first-order valence-corrected chi connectivity index (χ1v) is 7.50. The van der Waals surface area contributed by atoms with Crippen LogP contribution in [0.15, 0.2) is 16.8 Å². The van der Waals surface area contributed by atoms with Crippen LogP contribution in [0.2, 0.25) is 0 Å². The Balaban J connectivity index is 2.27. The first-order chi connectivity index (χ1) is 9.82. The molecule has 5 nitrogen and oxygen atoms in total. The Hall–Kier alpha value is -0.910. The predicted molar refractivity (Wildman–Crippen MR) is 83.3 cm³/mol. The van der Waals surface area contributed by atoms with Crippen LogP contribution in [0, 0.1) is 5.41 Å². The number of aliphatic imine (C=N–C) groups is 1. The van der Waals surface area contributed by atoms with Crippen LogP contribution in [-0.2, 0) is 14.2 Å². The molecule has 5 heteroatoms. The standard InChI is InChI=1S/C16H28N2O3/c1-10-8-18(12(3)17-11(10)2)15-16(4,5)14(20-7)13(21-15)9-19-6/h8,12-15H,9H2,1-7H3/t12?,13-,14?,15-/m1/s1. The van der Waals surface area contributed by atoms with Crippen LogP contribution in [0.25, 0.3) is 0 Å². The van der Waals surface area contributed by atoms with Gasteiger partial charge in [0, 0.05) is 31.5 Å². The van der Waals surface area contributed by atoms with E-state index in [1.54, 1.807) is 14.2 Å². The molecule has 0 aromatic heterocycles. The Morgan fingerprint density at radius 2 is 2.00 bits per heavy atom. The van der Waals surface area contributed by atoms with Gasteiger partial charge < -0.3 is 19.1 Å². The topological polar surface area (TPSA) is 43.3 Å². The van der Waals surface area contributed by atoms with E-state index in [1.165, 1.54) is 5.57 Å². The molecule has 4 atom stereocenters. The first-order valence-electron chi connectivity index (χ1n) is 7.50. The van der Waals surface area contributed by atoms with Gasteiger partial charge in [-0.05, 0) is 26.3 Å². The van der Waals surface area contributed by atoms with Crippen molar-refractivity contribution in [3.05, 3.63) is 11.8 Å². The Labute approximate surface area is 128 Å². The second-order valence-corrected chi connectivity index (χ2v) is 6.57. The van der Waals surface area contributed by atoms with Crippen molar-refractivity contribution in [1.82, 2.24) is 4.90 Å². The highest BCUT2D eigenvalue weighted by Crippen LogP contribution is 2.43. The van der Waals surface area contributed by atoms with Gasteiger partial charge in [0.25, 0.3) is 0 Å². The van der Waals surface area contributed by atoms with Crippen molar-refractivity contribution in [2.24, 2.45) is 10.4 Å². The zero-order valence-corrected chi connectivity index (χ0v) is 14.2. The van der Waals surface area contributed by atoms with Crippen molar-refractivity contribution in [3.63, 3.8) is 0 Å². The Bertz CT molecular complexity index is 445. The molecule has 0 aromatic rings. The lowest BCUT2D eigenvalue weighted by Gasteiger charge is -2.41. The highest BCUT2D eigenvalue weighted by molar-refractivity contribution is 5.98. The summed E-state index contributed by atoms with van der Waals surface area (Å²) in [6, 6.07) is 0. The van der Waals surface area contributed by atoms with Crippen LogP contribution >= 0.6 is 0 Å². The summed E-state index contributed by atoms with van der Waals surface area (Å²) in [4.78, 5) is 6.90. The van der Waals surface area contributed by atoms with Crippen LogP contribution in [0.3, 0.4) is 0 Å². The van der Waals surface area contributed by atoms with Gasteiger partial charge in [0.2, 0.25) is 0 Å². The van der Waals surface area contributed by atoms with Gasteiger partial charge in [-0.25, -0.2) is 0 Å². The van der Waals surface area contributed by atoms with Gasteiger partial charge in [-0.3, -0.25) is 4.99 Å². The summed E-state index contributed by atoms with van der Waals surface area (Å²) in [5, 5.41) is 0. The van der Waals surface area contributed by atoms with Gasteiger partial charge in [-0.15, -0.1) is 0 Å². The minimum absolute atomic E-state index is 0.00430. The summed E-state index contributed by atoms with van der Waals surface area (Å²) in [6.07, 6.45) is 2.07. The molecule has 0 aromatic carbocycles. The van der Waals surface area contributed by atoms with Gasteiger partial charge >= 0.3 is 0 Å². The SMILES string of the molecule is COC[C@H]1O[C@@H](N2C=C(C)C(C)=NC2C)C(C)(C)C1OC. The fourth-order valence-corrected chi connectivity index (χ4v) is 3.37. The average molecular weight is 296 g/mol. The van der Waals surface area contributed by atoms with Crippen LogP contribution < -0.4 is 0 Å². The maximum atomic E-state index is 6.28. The molecule has 2 aliphatic heterocycles. The molecule has 2 heterocycles. The summed E-state index contributed by atoms with van der Waals surface area (Å²) < 4.78 is 17.3. The van der Waals surface area contributed by atoms with Gasteiger partial charge in [0.1, 0.15) is 18.5 Å². The fourth-order valence-electron chi connectivity index (χ4n) is 3.37. The number of hydrogen-bond donors (Lipinski definition) is 0. The molecule has 21 heavy (non-hydrogen) atoms. The number of nitrogens with zero attached hydrogens (tertiary/aromatic N) is 2. The van der Waals surface area contributed by atoms with Crippen LogP contribution in [-0.4, -0.2) is 56.0 Å². The molecule has 0 amide bonds. The van der Waals surface area contributed by atoms with E-state index in [9.17, 15) is 0 Å². The van der Waals surface area contributed by atoms with Crippen molar-refractivity contribution < 1.29 is 14.2 Å². The molecule has 0 N–H and O–H groups in total. The summed E-state index contributed by atoms with van der Waals surface area (Å²) in [5.74, 6) is 0. The lowest BCUT2D eigenvalue weighted by Crippen LogP contribution is -2.48. The Kier molecular flexibility index (Phi) is 4.76. The minimum atomic E-state index is -0.149. The van der Waals surface area contributed by atoms with Crippen LogP contribution in [0.5, 0.6) is 0 Å². The lowest BCUT2D eigenvalue weighted by atomic mass is 9.83. The number of rotatable bonds is 4. The van der Waals surface area contributed by atoms with Gasteiger partial charge in [0.15, 0.2) is 0 Å². The molecule has 0 radical (unpaired) electrons. The van der Waals surface area contributed by atoms with E-state index < -0.39 is 0 Å². The summed E-state index contributed by atoms with van der Waals surface area (Å²) in [5.41, 5.74) is 2.12. The molecule has 120 valence electrons. The maximum Gasteiger partial charge on any atom is 0.139 e. The number of ether oxygens (including phenoxy) is 3. The zero-order chi connectivity index (χ0) is 15.8. The van der Waals surface area contributed by atoms with E-state index in [1.807, 2.05) is 6.92 Å². The molecular weight excluding hydrogens is 268 g/mol. The van der Waals surface area contributed by atoms with Crippen molar-refractivity contribution in [2.75, 3.05) is 20.8 Å². The van der Waals surface area contributed by atoms with Gasteiger partial charge in [0.05, 0.1) is 12.7 Å². The molecule has 2 unspecified atom stereocenters. The summed E-state index contributed by atoms with van der Waals surface area (Å²) >= 11 is 0. The van der Waals surface area contributed by atoms with E-state index in [4.69, 9.17) is 19.2 Å². The largest absolute Gasteiger partial charge is 0.382 e. The van der Waals surface area contributed by atoms with E-state index in [-0.39, 0.29) is 30.0 Å². The summed E-state index contributed by atoms with van der Waals surface area (Å²) in [7, 11) is 3.43. The van der Waals surface area contributed by atoms with E-state index >= 15 is 0 Å². The number of allylic oxidation sites excluding steroid dienone is 1. The third-order valence-corrected chi connectivity index (χ3v) is 4.59. The quantitative estimate of drug-likeness (QED) is 0.799. The van der Waals surface area contributed by atoms with Crippen molar-refractivity contribution in [3.8, 4) is 0 Å². The Morgan fingerprint density at radius 3 is 2.57 bits per heavy atom. The molecule has 2 aliphatic rings. The minimum Gasteiger partial charge on any atom is -0.382 e. The number of methoxy groups -OCH3 is 2. The molecule has 0 aliphatic carbocycles. The van der Waals surface area contributed by atoms with Crippen molar-refractivity contribution in [2.45, 2.75) is 59.2 Å². The average Bonchev–Trinajstić information content (AvgIpc) is 2.65. The summed E-state index contributed by atoms with van der Waals surface area (Å²) in [6.45, 7) is 11.1. The molecule has 0 spiro atoms. The second-order valence-electron chi connectivity index (χ2n) is 6.57. The second kappa shape index (κ2) is 6.07. The highest BCUT2D eigenvalue weighted by atomic mass is 16.6. The lowest BCUT2D eigenvalue weighted by molar-refractivity contribution is -0.0932. The van der Waals surface area contributed by atoms with Gasteiger partial charge in [-0.2, -0.15) is 0 Å². The Morgan fingerprint density at radius 1 is 1.33 bits per heavy atom. The predicted octanol–water partition coefficient (Wildman–Crippen LogP) is 2.43. The monoisotopic (exact) mass is 296 g/mol. The first kappa shape index (κ1) is 16.5. The highest BCUT2D eigenvalue weighted by Gasteiger charge is 2.53. The molecule has 2 rings (SSSR count). The van der Waals surface area contributed by atoms with Crippen LogP contribution in [0.4, 0.5) is 0 Å². The van der Waals surface area contributed by atoms with Crippen molar-refractivity contribution in [1.29, 1.82) is 0 Å². The van der Waals surface area contributed by atoms with Crippen LogP contribution in [0.1, 0.15) is 34.6 Å². The normalized spacial score (nSPS) is 35.7. The van der Waals surface area contributed by atoms with E-state index in [0.29, 0.717) is 6.61 Å². The third kappa shape index (κ3) is 2.87. The fraction of sp³-hybridized carbons (Fsp3) is 0.812. The maximum absolute atomic E-state index is 6.28. The van der Waals surface area contributed by atoms with E-state index in [0.717, 1.165) is 5.71 Å². The number of hydrogen-bond acceptors (Lipinski definition) is 5. The van der Waals surface area contributed by atoms with Crippen molar-refractivity contribution >= 4 is 5.71 Å². The van der Waals surface area contributed by atoms with E-state index in [2.05, 4.69) is 38.8 Å². The molecule has 1 fully saturated rings. The molecular formula is C16H28N2O3. The smallest absolute Gasteiger partial charge is 0.139 e. The molecule has 1 saturated heterocycles. The molecule has 0 saturated carbocycles.